The monoisotopic (exact) mass is 364 g/mol. The zero-order valence-corrected chi connectivity index (χ0v) is 11.9. The van der Waals surface area contributed by atoms with Gasteiger partial charge in [-0.3, -0.25) is 14.9 Å². The van der Waals surface area contributed by atoms with Gasteiger partial charge in [0, 0.05) is 35.7 Å². The van der Waals surface area contributed by atoms with Crippen LogP contribution in [0.15, 0.2) is 24.3 Å². The zero-order chi connectivity index (χ0) is 13.5. The summed E-state index contributed by atoms with van der Waals surface area (Å²) in [6.07, 6.45) is 0.361. The van der Waals surface area contributed by atoms with E-state index in [0.29, 0.717) is 12.0 Å². The largest absolute Gasteiger partial charge is 0.362 e. The third kappa shape index (κ3) is 4.22. The third-order valence-corrected chi connectivity index (χ3v) is 2.91. The average molecular weight is 364 g/mol. The molecule has 1 atom stereocenters. The molecule has 6 nitrogen and oxygen atoms in total. The molecule has 1 amide bonds. The van der Waals surface area contributed by atoms with Gasteiger partial charge in [0.2, 0.25) is 0 Å². The molecule has 18 heavy (non-hydrogen) atoms. The van der Waals surface area contributed by atoms with Gasteiger partial charge in [0.1, 0.15) is 6.23 Å². The highest BCUT2D eigenvalue weighted by atomic mass is 127. The Kier molecular flexibility index (Phi) is 5.99. The van der Waals surface area contributed by atoms with Crippen LogP contribution in [0.5, 0.6) is 0 Å². The van der Waals surface area contributed by atoms with Crippen LogP contribution in [-0.2, 0) is 4.74 Å². The highest BCUT2D eigenvalue weighted by Crippen LogP contribution is 2.12. The van der Waals surface area contributed by atoms with Gasteiger partial charge in [0.15, 0.2) is 0 Å². The fourth-order valence-corrected chi connectivity index (χ4v) is 1.88. The Morgan fingerprint density at radius 2 is 2.11 bits per heavy atom. The molecule has 1 aromatic rings. The van der Waals surface area contributed by atoms with Crippen LogP contribution in [0.25, 0.3) is 0 Å². The van der Waals surface area contributed by atoms with Crippen LogP contribution < -0.4 is 5.32 Å². The normalized spacial score (nSPS) is 11.9. The van der Waals surface area contributed by atoms with Gasteiger partial charge < -0.3 is 10.1 Å². The lowest BCUT2D eigenvalue weighted by Crippen LogP contribution is -2.36. The topological polar surface area (TPSA) is 81.5 Å². The Bertz CT molecular complexity index is 422. The number of hydrogen-bond donors (Lipinski definition) is 1. The number of halogens is 1. The van der Waals surface area contributed by atoms with Gasteiger partial charge >= 0.3 is 0 Å². The number of nitrogens with zero attached hydrogens (tertiary/aromatic N) is 1. The number of hydrogen-bond acceptors (Lipinski definition) is 4. The number of methoxy groups -OCH3 is 1. The molecule has 0 radical (unpaired) electrons. The maximum atomic E-state index is 11.8. The summed E-state index contributed by atoms with van der Waals surface area (Å²) in [5.41, 5.74) is 0.332. The first-order valence-corrected chi connectivity index (χ1v) is 6.75. The van der Waals surface area contributed by atoms with Gasteiger partial charge in [0.25, 0.3) is 11.6 Å². The lowest BCUT2D eigenvalue weighted by atomic mass is 10.2. The van der Waals surface area contributed by atoms with E-state index >= 15 is 0 Å². The number of ether oxygens (including phenoxy) is 1. The Morgan fingerprint density at radius 3 is 2.56 bits per heavy atom. The van der Waals surface area contributed by atoms with Crippen molar-refractivity contribution < 1.29 is 14.5 Å². The SMILES string of the molecule is COC(CCI)NC(=O)c1ccc([N+](=O)[O-])cc1. The minimum atomic E-state index is -0.504. The number of non-ortho nitro benzene ring substituents is 1. The smallest absolute Gasteiger partial charge is 0.269 e. The maximum Gasteiger partial charge on any atom is 0.269 e. The van der Waals surface area contributed by atoms with Crippen LogP contribution in [-0.4, -0.2) is 28.6 Å². The van der Waals surface area contributed by atoms with E-state index in [4.69, 9.17) is 4.74 Å². The van der Waals surface area contributed by atoms with Gasteiger partial charge in [-0.1, -0.05) is 22.6 Å². The van der Waals surface area contributed by atoms with Gasteiger partial charge in [0.05, 0.1) is 4.92 Å². The molecule has 0 heterocycles. The number of alkyl halides is 1. The first-order chi connectivity index (χ1) is 8.58. The molecule has 0 saturated heterocycles. The molecular weight excluding hydrogens is 351 g/mol. The summed E-state index contributed by atoms with van der Waals surface area (Å²) in [6, 6.07) is 5.44. The third-order valence-electron chi connectivity index (χ3n) is 2.29. The quantitative estimate of drug-likeness (QED) is 0.276. The molecule has 1 N–H and O–H groups in total. The Hall–Kier alpha value is -1.22. The van der Waals surface area contributed by atoms with E-state index in [1.807, 2.05) is 0 Å². The number of amides is 1. The highest BCUT2D eigenvalue weighted by Gasteiger charge is 2.13. The summed E-state index contributed by atoms with van der Waals surface area (Å²) in [4.78, 5) is 21.8. The van der Waals surface area contributed by atoms with Gasteiger partial charge in [-0.2, -0.15) is 0 Å². The summed E-state index contributed by atoms with van der Waals surface area (Å²) in [7, 11) is 1.52. The zero-order valence-electron chi connectivity index (χ0n) is 9.76. The predicted molar refractivity (Wildman–Crippen MR) is 74.9 cm³/mol. The first kappa shape index (κ1) is 14.8. The number of nitro benzene ring substituents is 1. The maximum absolute atomic E-state index is 11.8. The standard InChI is InChI=1S/C11H13IN2O4/c1-18-10(6-7-12)13-11(15)8-2-4-9(5-3-8)14(16)17/h2-5,10H,6-7H2,1H3,(H,13,15). The van der Waals surface area contributed by atoms with Crippen molar-refractivity contribution in [1.82, 2.24) is 5.32 Å². The number of nitrogens with one attached hydrogen (secondary N) is 1. The van der Waals surface area contributed by atoms with E-state index in [-0.39, 0.29) is 17.8 Å². The lowest BCUT2D eigenvalue weighted by molar-refractivity contribution is -0.384. The molecule has 0 fully saturated rings. The molecule has 1 aromatic carbocycles. The summed E-state index contributed by atoms with van der Waals surface area (Å²) < 4.78 is 5.96. The van der Waals surface area contributed by atoms with Crippen LogP contribution in [0.2, 0.25) is 0 Å². The average Bonchev–Trinajstić information content (AvgIpc) is 2.38. The molecule has 0 bridgehead atoms. The molecule has 0 saturated carbocycles. The van der Waals surface area contributed by atoms with Crippen molar-refractivity contribution in [3.05, 3.63) is 39.9 Å². The Balaban J connectivity index is 2.69. The molecule has 0 spiro atoms. The minimum Gasteiger partial charge on any atom is -0.362 e. The molecule has 0 aliphatic rings. The minimum absolute atomic E-state index is 0.0397. The lowest BCUT2D eigenvalue weighted by Gasteiger charge is -2.15. The van der Waals surface area contributed by atoms with E-state index in [9.17, 15) is 14.9 Å². The van der Waals surface area contributed by atoms with Crippen molar-refractivity contribution in [2.45, 2.75) is 12.6 Å². The molecule has 0 aliphatic heterocycles. The fourth-order valence-electron chi connectivity index (χ4n) is 1.31. The van der Waals surface area contributed by atoms with Gasteiger partial charge in [-0.15, -0.1) is 0 Å². The van der Waals surface area contributed by atoms with E-state index < -0.39 is 4.92 Å². The van der Waals surface area contributed by atoms with Crippen LogP contribution in [0.4, 0.5) is 5.69 Å². The van der Waals surface area contributed by atoms with Crippen LogP contribution >= 0.6 is 22.6 Å². The van der Waals surface area contributed by atoms with Crippen molar-refractivity contribution >= 4 is 34.2 Å². The second kappa shape index (κ2) is 7.27. The van der Waals surface area contributed by atoms with Gasteiger partial charge in [-0.25, -0.2) is 0 Å². The van der Waals surface area contributed by atoms with Gasteiger partial charge in [-0.05, 0) is 12.1 Å². The second-order valence-electron chi connectivity index (χ2n) is 3.48. The molecule has 1 rings (SSSR count). The second-order valence-corrected chi connectivity index (χ2v) is 4.56. The van der Waals surface area contributed by atoms with Crippen molar-refractivity contribution in [2.24, 2.45) is 0 Å². The number of rotatable bonds is 6. The Labute approximate surface area is 118 Å². The molecule has 0 aromatic heterocycles. The first-order valence-electron chi connectivity index (χ1n) is 5.22. The van der Waals surface area contributed by atoms with Crippen molar-refractivity contribution in [1.29, 1.82) is 0 Å². The summed E-state index contributed by atoms with van der Waals surface area (Å²) >= 11 is 2.19. The predicted octanol–water partition coefficient (Wildman–Crippen LogP) is 2.12. The van der Waals surface area contributed by atoms with E-state index in [2.05, 4.69) is 27.9 Å². The van der Waals surface area contributed by atoms with E-state index in [1.54, 1.807) is 0 Å². The summed E-state index contributed by atoms with van der Waals surface area (Å²) in [6.45, 7) is 0. The number of benzene rings is 1. The van der Waals surface area contributed by atoms with E-state index in [0.717, 1.165) is 4.43 Å². The number of carbonyl (C=O) groups is 1. The van der Waals surface area contributed by atoms with Crippen LogP contribution in [0.1, 0.15) is 16.8 Å². The van der Waals surface area contributed by atoms with Crippen molar-refractivity contribution in [3.8, 4) is 0 Å². The van der Waals surface area contributed by atoms with Crippen molar-refractivity contribution in [2.75, 3.05) is 11.5 Å². The molecular formula is C11H13IN2O4. The molecule has 7 heteroatoms. The number of carbonyl (C=O) groups excluding carboxylic acids is 1. The summed E-state index contributed by atoms with van der Waals surface area (Å²) in [5, 5.41) is 13.2. The van der Waals surface area contributed by atoms with Crippen molar-refractivity contribution in [3.63, 3.8) is 0 Å². The molecule has 1 unspecified atom stereocenters. The summed E-state index contributed by atoms with van der Waals surface area (Å²) in [5.74, 6) is -0.304. The van der Waals surface area contributed by atoms with Crippen LogP contribution in [0, 0.1) is 10.1 Å². The Morgan fingerprint density at radius 1 is 1.50 bits per heavy atom. The molecule has 0 aliphatic carbocycles. The fraction of sp³-hybridized carbons (Fsp3) is 0.364. The van der Waals surface area contributed by atoms with Crippen LogP contribution in [0.3, 0.4) is 0 Å². The number of nitro groups is 1. The molecule has 98 valence electrons. The highest BCUT2D eigenvalue weighted by molar-refractivity contribution is 14.1. The van der Waals surface area contributed by atoms with E-state index in [1.165, 1.54) is 31.4 Å².